The Morgan fingerprint density at radius 3 is 2.57 bits per heavy atom. The van der Waals surface area contributed by atoms with Crippen LogP contribution in [-0.4, -0.2) is 27.1 Å². The van der Waals surface area contributed by atoms with Crippen molar-refractivity contribution in [2.75, 3.05) is 0 Å². The molecule has 2 aromatic rings. The minimum atomic E-state index is -0.705. The molecule has 2 heterocycles. The molecule has 0 radical (unpaired) electrons. The fraction of sp³-hybridized carbons (Fsp3) is 0.435. The van der Waals surface area contributed by atoms with Crippen LogP contribution < -0.4 is 5.32 Å². The second kappa shape index (κ2) is 7.07. The number of nitrogens with one attached hydrogen (secondary N) is 1. The third kappa shape index (κ3) is 4.01. The van der Waals surface area contributed by atoms with E-state index >= 15 is 0 Å². The normalized spacial score (nSPS) is 22.0. The summed E-state index contributed by atoms with van der Waals surface area (Å²) in [5.74, 6) is -0.778. The number of allylic oxidation sites excluding steroid dienone is 1. The average Bonchev–Trinajstić information content (AvgIpc) is 3.03. The fourth-order valence-corrected chi connectivity index (χ4v) is 4.30. The van der Waals surface area contributed by atoms with Crippen LogP contribution in [0.4, 0.5) is 4.39 Å². The molecule has 0 saturated heterocycles. The lowest BCUT2D eigenvalue weighted by atomic mass is 9.74. The Kier molecular flexibility index (Phi) is 4.79. The molecule has 0 bridgehead atoms. The van der Waals surface area contributed by atoms with Crippen LogP contribution in [0.15, 0.2) is 42.3 Å². The molecule has 1 N–H and O–H groups in total. The van der Waals surface area contributed by atoms with Gasteiger partial charge in [0.1, 0.15) is 11.4 Å². The summed E-state index contributed by atoms with van der Waals surface area (Å²) in [6.45, 7) is 7.86. The highest BCUT2D eigenvalue weighted by Crippen LogP contribution is 2.41. The quantitative estimate of drug-likeness (QED) is 0.834. The lowest BCUT2D eigenvalue weighted by Gasteiger charge is -2.36. The number of rotatable bonds is 3. The second-order valence-corrected chi connectivity index (χ2v) is 9.52. The molecule has 7 heteroatoms. The Hall–Kier alpha value is -2.96. The molecule has 0 spiro atoms. The van der Waals surface area contributed by atoms with E-state index in [1.165, 1.54) is 18.2 Å². The third-order valence-corrected chi connectivity index (χ3v) is 5.56. The number of benzene rings is 1. The molecule has 0 fully saturated rings. The smallest absolute Gasteiger partial charge is 0.286 e. The Morgan fingerprint density at radius 1 is 1.20 bits per heavy atom. The molecule has 1 aliphatic carbocycles. The predicted octanol–water partition coefficient (Wildman–Crippen LogP) is 3.79. The van der Waals surface area contributed by atoms with Gasteiger partial charge in [-0.2, -0.15) is 5.10 Å². The molecule has 158 valence electrons. The minimum absolute atomic E-state index is 0.0482. The topological polar surface area (TPSA) is 73.2 Å². The number of ether oxygens (including phenoxy) is 1. The Labute approximate surface area is 175 Å². The van der Waals surface area contributed by atoms with Crippen LogP contribution in [0.2, 0.25) is 0 Å². The van der Waals surface area contributed by atoms with Gasteiger partial charge >= 0.3 is 0 Å². The largest absolute Gasteiger partial charge is 0.482 e. The number of carbonyl (C=O) groups excluding carboxylic acids is 2. The van der Waals surface area contributed by atoms with Gasteiger partial charge in [0.25, 0.3) is 5.91 Å². The van der Waals surface area contributed by atoms with Gasteiger partial charge in [-0.25, -0.2) is 9.07 Å². The summed E-state index contributed by atoms with van der Waals surface area (Å²) in [5.41, 5.74) is 1.89. The van der Waals surface area contributed by atoms with Gasteiger partial charge in [-0.1, -0.05) is 13.8 Å². The van der Waals surface area contributed by atoms with Crippen LogP contribution in [0.1, 0.15) is 57.8 Å². The maximum absolute atomic E-state index is 13.3. The summed E-state index contributed by atoms with van der Waals surface area (Å²) in [6, 6.07) is 5.92. The second-order valence-electron chi connectivity index (χ2n) is 9.52. The number of carbonyl (C=O) groups is 2. The monoisotopic (exact) mass is 411 g/mol. The van der Waals surface area contributed by atoms with Crippen LogP contribution in [0.3, 0.4) is 0 Å². The maximum Gasteiger partial charge on any atom is 0.286 e. The van der Waals surface area contributed by atoms with Gasteiger partial charge in [-0.15, -0.1) is 0 Å². The molecule has 1 aromatic carbocycles. The SMILES string of the molecule is CC1(C)Cc2c(cnn2-c2ccc(F)cc2)[C@@H](NC(=O)C2=CC(=O)CC(C)(C)O2)C1. The highest BCUT2D eigenvalue weighted by molar-refractivity contribution is 6.01. The van der Waals surface area contributed by atoms with Crippen LogP contribution in [-0.2, 0) is 20.7 Å². The molecular formula is C23H26FN3O3. The van der Waals surface area contributed by atoms with Crippen LogP contribution in [0, 0.1) is 11.2 Å². The van der Waals surface area contributed by atoms with Crippen LogP contribution in [0.5, 0.6) is 0 Å². The number of nitrogens with zero attached hydrogens (tertiary/aromatic N) is 2. The molecule has 1 aliphatic heterocycles. The van der Waals surface area contributed by atoms with Gasteiger partial charge in [0.05, 0.1) is 23.6 Å². The molecular weight excluding hydrogens is 385 g/mol. The number of hydrogen-bond donors (Lipinski definition) is 1. The van der Waals surface area contributed by atoms with Crippen molar-refractivity contribution < 1.29 is 18.7 Å². The number of fused-ring (bicyclic) bond motifs is 1. The molecule has 2 aliphatic rings. The highest BCUT2D eigenvalue weighted by atomic mass is 19.1. The Balaban J connectivity index is 1.64. The van der Waals surface area contributed by atoms with Crippen molar-refractivity contribution in [3.05, 3.63) is 59.4 Å². The van der Waals surface area contributed by atoms with E-state index in [2.05, 4.69) is 24.3 Å². The van der Waals surface area contributed by atoms with Crippen molar-refractivity contribution in [1.29, 1.82) is 0 Å². The van der Waals surface area contributed by atoms with Gasteiger partial charge < -0.3 is 10.1 Å². The summed E-state index contributed by atoms with van der Waals surface area (Å²) in [6.07, 6.45) is 4.78. The summed E-state index contributed by atoms with van der Waals surface area (Å²) in [7, 11) is 0. The molecule has 6 nitrogen and oxygen atoms in total. The molecule has 4 rings (SSSR count). The summed E-state index contributed by atoms with van der Waals surface area (Å²) in [5, 5.41) is 7.55. The van der Waals surface area contributed by atoms with Crippen LogP contribution >= 0.6 is 0 Å². The molecule has 0 saturated carbocycles. The third-order valence-electron chi connectivity index (χ3n) is 5.56. The zero-order valence-electron chi connectivity index (χ0n) is 17.7. The number of aromatic nitrogens is 2. The first-order valence-electron chi connectivity index (χ1n) is 10.1. The van der Waals surface area contributed by atoms with E-state index in [-0.39, 0.29) is 35.2 Å². The summed E-state index contributed by atoms with van der Waals surface area (Å²) < 4.78 is 20.9. The molecule has 0 unspecified atom stereocenters. The molecule has 30 heavy (non-hydrogen) atoms. The first-order chi connectivity index (χ1) is 14.0. The van der Waals surface area contributed by atoms with E-state index < -0.39 is 11.5 Å². The Morgan fingerprint density at radius 2 is 1.90 bits per heavy atom. The molecule has 1 amide bonds. The van der Waals surface area contributed by atoms with Crippen molar-refractivity contribution >= 4 is 11.7 Å². The number of ketones is 1. The number of halogens is 1. The molecule has 1 aromatic heterocycles. The maximum atomic E-state index is 13.3. The lowest BCUT2D eigenvalue weighted by Crippen LogP contribution is -2.41. The molecule has 1 atom stereocenters. The van der Waals surface area contributed by atoms with Gasteiger partial charge in [0.2, 0.25) is 0 Å². The van der Waals surface area contributed by atoms with Gasteiger partial charge in [-0.3, -0.25) is 9.59 Å². The van der Waals surface area contributed by atoms with Crippen molar-refractivity contribution in [3.8, 4) is 5.69 Å². The number of amides is 1. The van der Waals surface area contributed by atoms with Crippen molar-refractivity contribution in [2.24, 2.45) is 5.41 Å². The minimum Gasteiger partial charge on any atom is -0.482 e. The number of hydrogen-bond acceptors (Lipinski definition) is 4. The first kappa shape index (κ1) is 20.3. The standard InChI is InChI=1S/C23H26FN3O3/c1-22(2)11-18(26-21(29)20-9-16(28)10-23(3,4)30-20)17-13-25-27(19(17)12-22)15-7-5-14(24)6-8-15/h5-9,13,18H,10-12H2,1-4H3,(H,26,29)/t18-/m0/s1. The van der Waals surface area contributed by atoms with Crippen molar-refractivity contribution in [3.63, 3.8) is 0 Å². The first-order valence-corrected chi connectivity index (χ1v) is 10.1. The average molecular weight is 411 g/mol. The van der Waals surface area contributed by atoms with E-state index in [0.717, 1.165) is 29.8 Å². The summed E-state index contributed by atoms with van der Waals surface area (Å²) in [4.78, 5) is 24.9. The van der Waals surface area contributed by atoms with E-state index in [1.54, 1.807) is 36.9 Å². The van der Waals surface area contributed by atoms with Crippen molar-refractivity contribution in [1.82, 2.24) is 15.1 Å². The van der Waals surface area contributed by atoms with Gasteiger partial charge in [-0.05, 0) is 56.4 Å². The van der Waals surface area contributed by atoms with E-state index in [9.17, 15) is 14.0 Å². The van der Waals surface area contributed by atoms with E-state index in [1.807, 2.05) is 0 Å². The van der Waals surface area contributed by atoms with Gasteiger partial charge in [0, 0.05) is 18.1 Å². The Bertz CT molecular complexity index is 1030. The van der Waals surface area contributed by atoms with Crippen LogP contribution in [0.25, 0.3) is 5.69 Å². The van der Waals surface area contributed by atoms with Crippen molar-refractivity contribution in [2.45, 2.75) is 58.6 Å². The van der Waals surface area contributed by atoms with E-state index in [4.69, 9.17) is 4.74 Å². The lowest BCUT2D eigenvalue weighted by molar-refractivity contribution is -0.131. The fourth-order valence-electron chi connectivity index (χ4n) is 4.30. The zero-order valence-corrected chi connectivity index (χ0v) is 17.7. The summed E-state index contributed by atoms with van der Waals surface area (Å²) >= 11 is 0. The highest BCUT2D eigenvalue weighted by Gasteiger charge is 2.38. The predicted molar refractivity (Wildman–Crippen MR) is 109 cm³/mol. The van der Waals surface area contributed by atoms with E-state index in [0.29, 0.717) is 0 Å². The zero-order chi connectivity index (χ0) is 21.7. The van der Waals surface area contributed by atoms with Gasteiger partial charge in [0.15, 0.2) is 11.5 Å².